The normalized spacial score (nSPS) is 15.1. The van der Waals surface area contributed by atoms with Gasteiger partial charge in [0.15, 0.2) is 11.5 Å². The van der Waals surface area contributed by atoms with Crippen LogP contribution in [0.3, 0.4) is 0 Å². The van der Waals surface area contributed by atoms with Gasteiger partial charge in [0.2, 0.25) is 22.7 Å². The molecule has 0 radical (unpaired) electrons. The van der Waals surface area contributed by atoms with E-state index < -0.39 is 33.1 Å². The Hall–Kier alpha value is -3.69. The second-order valence-electron chi connectivity index (χ2n) is 10.0. The van der Waals surface area contributed by atoms with Gasteiger partial charge in [-0.25, -0.2) is 8.42 Å². The van der Waals surface area contributed by atoms with Crippen molar-refractivity contribution in [3.05, 3.63) is 81.3 Å². The highest BCUT2D eigenvalue weighted by atomic mass is 35.5. The van der Waals surface area contributed by atoms with Crippen LogP contribution in [0, 0.1) is 10.1 Å². The van der Waals surface area contributed by atoms with Crippen molar-refractivity contribution in [1.82, 2.24) is 14.1 Å². The fourth-order valence-electron chi connectivity index (χ4n) is 4.86. The van der Waals surface area contributed by atoms with Gasteiger partial charge in [0.05, 0.1) is 42.4 Å². The number of nitro groups is 1. The molecule has 1 amide bonds. The van der Waals surface area contributed by atoms with E-state index >= 15 is 0 Å². The number of sulfonamides is 1. The largest absolute Gasteiger partial charge is 0.467 e. The Morgan fingerprint density at radius 2 is 1.84 bits per heavy atom. The summed E-state index contributed by atoms with van der Waals surface area (Å²) in [6.45, 7) is 3.09. The van der Waals surface area contributed by atoms with Gasteiger partial charge in [-0.3, -0.25) is 19.8 Å². The highest BCUT2D eigenvalue weighted by Crippen LogP contribution is 2.33. The summed E-state index contributed by atoms with van der Waals surface area (Å²) in [5.74, 6) is 1.19. The number of halogens is 1. The van der Waals surface area contributed by atoms with Gasteiger partial charge in [0.25, 0.3) is 5.69 Å². The lowest BCUT2D eigenvalue weighted by Gasteiger charge is -2.29. The average molecular weight is 635 g/mol. The van der Waals surface area contributed by atoms with E-state index in [0.29, 0.717) is 43.4 Å². The van der Waals surface area contributed by atoms with Crippen molar-refractivity contribution in [2.45, 2.75) is 24.4 Å². The summed E-state index contributed by atoms with van der Waals surface area (Å²) in [5, 5.41) is 11.3. The van der Waals surface area contributed by atoms with Crippen LogP contribution >= 0.6 is 11.6 Å². The van der Waals surface area contributed by atoms with Crippen molar-refractivity contribution in [2.75, 3.05) is 52.7 Å². The van der Waals surface area contributed by atoms with Crippen LogP contribution < -0.4 is 9.47 Å². The lowest BCUT2D eigenvalue weighted by Crippen LogP contribution is -2.44. The maximum absolute atomic E-state index is 13.9. The number of carbonyl (C=O) groups is 1. The summed E-state index contributed by atoms with van der Waals surface area (Å²) in [6.07, 6.45) is 1.93. The smallest absolute Gasteiger partial charge is 0.289 e. The standard InChI is InChI=1S/C28H31ClN4O9S/c29-24-6-5-23(16-25(24)33(35)36)43(37,38)32(9-2-8-30-10-13-39-14-11-30)19-28(34)31(18-22-3-1-12-40-22)17-21-4-7-26-27(15-21)42-20-41-26/h1,3-7,12,15-16H,2,8-11,13-14,17-20H2. The van der Waals surface area contributed by atoms with Crippen LogP contribution in [-0.4, -0.2) is 86.1 Å². The molecular weight excluding hydrogens is 604 g/mol. The number of rotatable bonds is 13. The molecule has 1 fully saturated rings. The molecule has 0 aliphatic carbocycles. The second kappa shape index (κ2) is 13.7. The van der Waals surface area contributed by atoms with Gasteiger partial charge < -0.3 is 23.5 Å². The topological polar surface area (TPSA) is 145 Å². The molecule has 3 heterocycles. The first-order valence-corrected chi connectivity index (χ1v) is 15.5. The third kappa shape index (κ3) is 7.64. The van der Waals surface area contributed by atoms with E-state index in [1.165, 1.54) is 23.3 Å². The van der Waals surface area contributed by atoms with E-state index in [1.807, 2.05) is 0 Å². The first-order chi connectivity index (χ1) is 20.7. The maximum atomic E-state index is 13.9. The van der Waals surface area contributed by atoms with Crippen molar-refractivity contribution < 1.29 is 36.8 Å². The first kappa shape index (κ1) is 30.8. The van der Waals surface area contributed by atoms with Crippen LogP contribution in [0.1, 0.15) is 17.7 Å². The molecule has 13 nitrogen and oxygen atoms in total. The Labute approximate surface area is 253 Å². The Kier molecular flexibility index (Phi) is 9.82. The second-order valence-corrected chi connectivity index (χ2v) is 12.4. The zero-order valence-electron chi connectivity index (χ0n) is 23.2. The van der Waals surface area contributed by atoms with Crippen molar-refractivity contribution in [3.8, 4) is 11.5 Å². The van der Waals surface area contributed by atoms with Gasteiger partial charge in [-0.05, 0) is 54.9 Å². The van der Waals surface area contributed by atoms with E-state index in [1.54, 1.807) is 30.3 Å². The fourth-order valence-corrected chi connectivity index (χ4v) is 6.49. The minimum absolute atomic E-state index is 0.0144. The molecule has 2 aliphatic rings. The molecule has 230 valence electrons. The number of hydrogen-bond acceptors (Lipinski definition) is 10. The van der Waals surface area contributed by atoms with E-state index in [4.69, 9.17) is 30.2 Å². The summed E-state index contributed by atoms with van der Waals surface area (Å²) in [4.78, 5) is 27.9. The van der Waals surface area contributed by atoms with E-state index in [9.17, 15) is 23.3 Å². The summed E-state index contributed by atoms with van der Waals surface area (Å²) in [6, 6.07) is 12.1. The number of benzene rings is 2. The summed E-state index contributed by atoms with van der Waals surface area (Å²) >= 11 is 5.94. The molecular formula is C28H31ClN4O9S. The molecule has 43 heavy (non-hydrogen) atoms. The van der Waals surface area contributed by atoms with Gasteiger partial charge in [-0.15, -0.1) is 0 Å². The minimum atomic E-state index is -4.33. The SMILES string of the molecule is O=C(CN(CCCN1CCOCC1)S(=O)(=O)c1ccc(Cl)c([N+](=O)[O-])c1)N(Cc1ccc2c(c1)OCO2)Cc1ccco1. The molecule has 0 N–H and O–H groups in total. The van der Waals surface area contributed by atoms with Crippen molar-refractivity contribution in [1.29, 1.82) is 0 Å². The van der Waals surface area contributed by atoms with E-state index in [2.05, 4.69) is 4.90 Å². The molecule has 0 spiro atoms. The number of hydrogen-bond donors (Lipinski definition) is 0. The molecule has 1 saturated heterocycles. The zero-order chi connectivity index (χ0) is 30.4. The molecule has 2 aliphatic heterocycles. The maximum Gasteiger partial charge on any atom is 0.289 e. The lowest BCUT2D eigenvalue weighted by atomic mass is 10.2. The van der Waals surface area contributed by atoms with E-state index in [-0.39, 0.29) is 36.3 Å². The van der Waals surface area contributed by atoms with Crippen molar-refractivity contribution in [2.24, 2.45) is 0 Å². The van der Waals surface area contributed by atoms with Gasteiger partial charge in [0.1, 0.15) is 10.8 Å². The molecule has 0 atom stereocenters. The summed E-state index contributed by atoms with van der Waals surface area (Å²) in [5.41, 5.74) is 0.212. The predicted octanol–water partition coefficient (Wildman–Crippen LogP) is 3.51. The number of nitro benzene ring substituents is 1. The molecule has 15 heteroatoms. The van der Waals surface area contributed by atoms with Crippen molar-refractivity contribution in [3.63, 3.8) is 0 Å². The van der Waals surface area contributed by atoms with Crippen LogP contribution in [0.5, 0.6) is 11.5 Å². The number of furan rings is 1. The molecule has 0 saturated carbocycles. The number of fused-ring (bicyclic) bond motifs is 1. The molecule has 1 aromatic heterocycles. The Morgan fingerprint density at radius 3 is 2.58 bits per heavy atom. The van der Waals surface area contributed by atoms with Crippen molar-refractivity contribution >= 4 is 33.2 Å². The fraction of sp³-hybridized carbons (Fsp3) is 0.393. The van der Waals surface area contributed by atoms with Gasteiger partial charge in [0, 0.05) is 32.2 Å². The molecule has 2 aromatic carbocycles. The summed E-state index contributed by atoms with van der Waals surface area (Å²) < 4.78 is 50.5. The highest BCUT2D eigenvalue weighted by molar-refractivity contribution is 7.89. The number of amides is 1. The number of carbonyl (C=O) groups excluding carboxylic acids is 1. The Morgan fingerprint density at radius 1 is 1.05 bits per heavy atom. The molecule has 0 bridgehead atoms. The number of ether oxygens (including phenoxy) is 3. The molecule has 0 unspecified atom stereocenters. The Bertz CT molecular complexity index is 1550. The lowest BCUT2D eigenvalue weighted by molar-refractivity contribution is -0.384. The quantitative estimate of drug-likeness (QED) is 0.202. The average Bonchev–Trinajstić information content (AvgIpc) is 3.69. The third-order valence-electron chi connectivity index (χ3n) is 7.14. The Balaban J connectivity index is 1.40. The molecule has 3 aromatic rings. The summed E-state index contributed by atoms with van der Waals surface area (Å²) in [7, 11) is -4.33. The zero-order valence-corrected chi connectivity index (χ0v) is 24.8. The number of nitrogens with zero attached hydrogens (tertiary/aromatic N) is 4. The van der Waals surface area contributed by atoms with E-state index in [0.717, 1.165) is 29.0 Å². The third-order valence-corrected chi connectivity index (χ3v) is 9.30. The van der Waals surface area contributed by atoms with Crippen LogP contribution in [0.2, 0.25) is 5.02 Å². The first-order valence-electron chi connectivity index (χ1n) is 13.6. The van der Waals surface area contributed by atoms with Crippen LogP contribution in [-0.2, 0) is 32.6 Å². The minimum Gasteiger partial charge on any atom is -0.467 e. The predicted molar refractivity (Wildman–Crippen MR) is 154 cm³/mol. The van der Waals surface area contributed by atoms with Gasteiger partial charge in [-0.2, -0.15) is 4.31 Å². The van der Waals surface area contributed by atoms with Crippen LogP contribution in [0.15, 0.2) is 64.1 Å². The monoisotopic (exact) mass is 634 g/mol. The van der Waals surface area contributed by atoms with Crippen LogP contribution in [0.25, 0.3) is 0 Å². The highest BCUT2D eigenvalue weighted by Gasteiger charge is 2.31. The molecule has 5 rings (SSSR count). The van der Waals surface area contributed by atoms with Gasteiger partial charge >= 0.3 is 0 Å². The van der Waals surface area contributed by atoms with Gasteiger partial charge in [-0.1, -0.05) is 17.7 Å². The van der Waals surface area contributed by atoms with Crippen LogP contribution in [0.4, 0.5) is 5.69 Å². The number of morpholine rings is 1.